The van der Waals surface area contributed by atoms with Crippen LogP contribution >= 0.6 is 0 Å². The summed E-state index contributed by atoms with van der Waals surface area (Å²) in [5.74, 6) is 2.24. The van der Waals surface area contributed by atoms with E-state index in [0.29, 0.717) is 5.78 Å². The molecule has 0 spiro atoms. The average molecular weight is 268 g/mol. The third-order valence-corrected chi connectivity index (χ3v) is 4.42. The zero-order valence-electron chi connectivity index (χ0n) is 13.5. The maximum absolute atomic E-state index is 12.0. The minimum Gasteiger partial charge on any atom is -0.309 e. The Morgan fingerprint density at radius 1 is 1.21 bits per heavy atom. The smallest absolute Gasteiger partial charge is 0.137 e. The first-order chi connectivity index (χ1) is 8.90. The minimum atomic E-state index is 0.283. The number of nitrogens with zero attached hydrogens (tertiary/aromatic N) is 2. The van der Waals surface area contributed by atoms with E-state index in [9.17, 15) is 4.79 Å². The van der Waals surface area contributed by atoms with E-state index in [4.69, 9.17) is 0 Å². The van der Waals surface area contributed by atoms with Gasteiger partial charge in [-0.05, 0) is 65.3 Å². The van der Waals surface area contributed by atoms with Gasteiger partial charge in [0.25, 0.3) is 0 Å². The van der Waals surface area contributed by atoms with E-state index in [0.717, 1.165) is 50.7 Å². The highest BCUT2D eigenvalue weighted by Crippen LogP contribution is 2.31. The first kappa shape index (κ1) is 16.6. The Morgan fingerprint density at radius 2 is 1.89 bits per heavy atom. The first-order valence-electron chi connectivity index (χ1n) is 7.76. The molecule has 0 aromatic rings. The molecule has 0 amide bonds. The maximum Gasteiger partial charge on any atom is 0.137 e. The zero-order chi connectivity index (χ0) is 14.4. The minimum absolute atomic E-state index is 0.283. The third kappa shape index (κ3) is 6.05. The van der Waals surface area contributed by atoms with Crippen molar-refractivity contribution in [1.29, 1.82) is 0 Å². The third-order valence-electron chi connectivity index (χ3n) is 4.42. The fraction of sp³-hybridized carbons (Fsp3) is 0.938. The molecule has 0 aromatic carbocycles. The van der Waals surface area contributed by atoms with E-state index in [2.05, 4.69) is 44.8 Å². The van der Waals surface area contributed by atoms with Gasteiger partial charge < -0.3 is 9.80 Å². The van der Waals surface area contributed by atoms with Crippen molar-refractivity contribution in [3.63, 3.8) is 0 Å². The van der Waals surface area contributed by atoms with Crippen LogP contribution in [-0.4, -0.2) is 56.4 Å². The number of hydrogen-bond acceptors (Lipinski definition) is 3. The molecule has 3 nitrogen and oxygen atoms in total. The van der Waals surface area contributed by atoms with Crippen molar-refractivity contribution < 1.29 is 4.79 Å². The van der Waals surface area contributed by atoms with Gasteiger partial charge in [-0.15, -0.1) is 0 Å². The Balaban J connectivity index is 2.34. The lowest BCUT2D eigenvalue weighted by atomic mass is 9.75. The molecule has 1 aliphatic carbocycles. The van der Waals surface area contributed by atoms with Gasteiger partial charge >= 0.3 is 0 Å². The fourth-order valence-corrected chi connectivity index (χ4v) is 3.05. The maximum atomic E-state index is 12.0. The molecule has 3 heteroatoms. The molecule has 1 aliphatic rings. The van der Waals surface area contributed by atoms with Crippen LogP contribution in [0.2, 0.25) is 0 Å². The molecule has 1 saturated carbocycles. The predicted molar refractivity (Wildman–Crippen MR) is 81.3 cm³/mol. The van der Waals surface area contributed by atoms with E-state index in [1.165, 1.54) is 6.42 Å². The van der Waals surface area contributed by atoms with Gasteiger partial charge in [0, 0.05) is 18.9 Å². The highest BCUT2D eigenvalue weighted by molar-refractivity contribution is 5.81. The molecule has 2 unspecified atom stereocenters. The Morgan fingerprint density at radius 3 is 2.47 bits per heavy atom. The van der Waals surface area contributed by atoms with Crippen LogP contribution in [-0.2, 0) is 4.79 Å². The molecular weight excluding hydrogens is 236 g/mol. The number of hydrogen-bond donors (Lipinski definition) is 0. The second-order valence-corrected chi connectivity index (χ2v) is 6.86. The molecule has 112 valence electrons. The fourth-order valence-electron chi connectivity index (χ4n) is 3.05. The van der Waals surface area contributed by atoms with Crippen LogP contribution in [0.5, 0.6) is 0 Å². The van der Waals surface area contributed by atoms with Crippen LogP contribution in [0.4, 0.5) is 0 Å². The number of ketones is 1. The van der Waals surface area contributed by atoms with Gasteiger partial charge in [0.1, 0.15) is 5.78 Å². The Hall–Kier alpha value is -0.410. The van der Waals surface area contributed by atoms with E-state index < -0.39 is 0 Å². The molecule has 1 rings (SSSR count). The molecule has 0 aliphatic heterocycles. The van der Waals surface area contributed by atoms with Crippen molar-refractivity contribution in [2.24, 2.45) is 17.8 Å². The molecule has 0 saturated heterocycles. The monoisotopic (exact) mass is 268 g/mol. The average Bonchev–Trinajstić information content (AvgIpc) is 2.31. The highest BCUT2D eigenvalue weighted by atomic mass is 16.1. The standard InChI is InChI=1S/C16H32N2O/c1-13(2)14-7-8-16(19)15(11-14)12-18(5)10-6-9-17(3)4/h13-15H,6-12H2,1-5H3. The number of carbonyl (C=O) groups is 1. The summed E-state index contributed by atoms with van der Waals surface area (Å²) in [5.41, 5.74) is 0. The summed E-state index contributed by atoms with van der Waals surface area (Å²) in [7, 11) is 6.37. The zero-order valence-corrected chi connectivity index (χ0v) is 13.5. The van der Waals surface area contributed by atoms with Crippen molar-refractivity contribution in [1.82, 2.24) is 9.80 Å². The van der Waals surface area contributed by atoms with E-state index in [1.807, 2.05) is 0 Å². The van der Waals surface area contributed by atoms with E-state index in [-0.39, 0.29) is 5.92 Å². The van der Waals surface area contributed by atoms with Crippen molar-refractivity contribution in [2.75, 3.05) is 40.8 Å². The Kier molecular flexibility index (Phi) is 7.01. The normalized spacial score (nSPS) is 24.7. The predicted octanol–water partition coefficient (Wildman–Crippen LogP) is 2.51. The summed E-state index contributed by atoms with van der Waals surface area (Å²) in [6, 6.07) is 0. The summed E-state index contributed by atoms with van der Waals surface area (Å²) < 4.78 is 0. The van der Waals surface area contributed by atoms with E-state index >= 15 is 0 Å². The van der Waals surface area contributed by atoms with Gasteiger partial charge in [-0.25, -0.2) is 0 Å². The Bertz CT molecular complexity index is 276. The summed E-state index contributed by atoms with van der Waals surface area (Å²) in [5, 5.41) is 0. The van der Waals surface area contributed by atoms with Crippen LogP contribution in [0.15, 0.2) is 0 Å². The molecule has 0 radical (unpaired) electrons. The summed E-state index contributed by atoms with van der Waals surface area (Å²) in [4.78, 5) is 16.6. The van der Waals surface area contributed by atoms with E-state index in [1.54, 1.807) is 0 Å². The molecule has 1 fully saturated rings. The van der Waals surface area contributed by atoms with Gasteiger partial charge in [-0.3, -0.25) is 4.79 Å². The SMILES string of the molecule is CC(C)C1CCC(=O)C(CN(C)CCCN(C)C)C1. The van der Waals surface area contributed by atoms with Crippen molar-refractivity contribution in [3.05, 3.63) is 0 Å². The van der Waals surface area contributed by atoms with Crippen LogP contribution in [0.3, 0.4) is 0 Å². The van der Waals surface area contributed by atoms with Gasteiger partial charge in [-0.2, -0.15) is 0 Å². The molecule has 0 heterocycles. The number of Topliss-reactive ketones (excluding diaryl/α,β-unsaturated/α-hetero) is 1. The molecular formula is C16H32N2O. The summed E-state index contributed by atoms with van der Waals surface area (Å²) in [6.07, 6.45) is 4.20. The molecule has 2 atom stereocenters. The highest BCUT2D eigenvalue weighted by Gasteiger charge is 2.30. The summed E-state index contributed by atoms with van der Waals surface area (Å²) >= 11 is 0. The van der Waals surface area contributed by atoms with Crippen LogP contribution in [0.1, 0.15) is 39.5 Å². The Labute approximate surface area is 119 Å². The van der Waals surface area contributed by atoms with Gasteiger partial charge in [-0.1, -0.05) is 13.8 Å². The lowest BCUT2D eigenvalue weighted by Gasteiger charge is -2.33. The van der Waals surface area contributed by atoms with Crippen LogP contribution in [0, 0.1) is 17.8 Å². The first-order valence-corrected chi connectivity index (χ1v) is 7.76. The van der Waals surface area contributed by atoms with Gasteiger partial charge in [0.05, 0.1) is 0 Å². The molecule has 0 bridgehead atoms. The largest absolute Gasteiger partial charge is 0.309 e. The molecule has 0 aromatic heterocycles. The number of rotatable bonds is 7. The van der Waals surface area contributed by atoms with Crippen LogP contribution < -0.4 is 0 Å². The van der Waals surface area contributed by atoms with Gasteiger partial charge in [0.15, 0.2) is 0 Å². The second-order valence-electron chi connectivity index (χ2n) is 6.86. The lowest BCUT2D eigenvalue weighted by molar-refractivity contribution is -0.126. The topological polar surface area (TPSA) is 23.6 Å². The molecule has 19 heavy (non-hydrogen) atoms. The van der Waals surface area contributed by atoms with Crippen molar-refractivity contribution in [2.45, 2.75) is 39.5 Å². The van der Waals surface area contributed by atoms with Gasteiger partial charge in [0.2, 0.25) is 0 Å². The van der Waals surface area contributed by atoms with Crippen LogP contribution in [0.25, 0.3) is 0 Å². The lowest BCUT2D eigenvalue weighted by Crippen LogP contribution is -2.36. The summed E-state index contributed by atoms with van der Waals surface area (Å²) in [6.45, 7) is 7.75. The quantitative estimate of drug-likeness (QED) is 0.709. The van der Waals surface area contributed by atoms with Crippen molar-refractivity contribution in [3.8, 4) is 0 Å². The molecule has 0 N–H and O–H groups in total. The van der Waals surface area contributed by atoms with Crippen molar-refractivity contribution >= 4 is 5.78 Å². The second kappa shape index (κ2) is 8.01. The number of carbonyl (C=O) groups excluding carboxylic acids is 1.